The van der Waals surface area contributed by atoms with Crippen molar-refractivity contribution in [2.24, 2.45) is 0 Å². The van der Waals surface area contributed by atoms with Crippen molar-refractivity contribution in [3.63, 3.8) is 0 Å². The lowest BCUT2D eigenvalue weighted by Gasteiger charge is -2.16. The van der Waals surface area contributed by atoms with Gasteiger partial charge in [-0.05, 0) is 31.0 Å². The third kappa shape index (κ3) is 1.80. The fourth-order valence-electron chi connectivity index (χ4n) is 1.64. The Kier molecular flexibility index (Phi) is 2.19. The van der Waals surface area contributed by atoms with Crippen molar-refractivity contribution < 1.29 is 5.11 Å². The summed E-state index contributed by atoms with van der Waals surface area (Å²) in [6.07, 6.45) is 2.49. The standard InChI is InChI=1S/C10H14N2O/c1-8-2-4-11-10(6-8)12-5-3-9(13)7-12/h2,4,6,9,13H,3,5,7H2,1H3/t9-/m1/s1. The van der Waals surface area contributed by atoms with Crippen LogP contribution in [0.2, 0.25) is 0 Å². The first-order valence-electron chi connectivity index (χ1n) is 4.61. The first-order chi connectivity index (χ1) is 6.25. The van der Waals surface area contributed by atoms with Crippen molar-refractivity contribution in [2.75, 3.05) is 18.0 Å². The molecule has 0 aliphatic carbocycles. The van der Waals surface area contributed by atoms with Gasteiger partial charge in [0.2, 0.25) is 0 Å². The van der Waals surface area contributed by atoms with Gasteiger partial charge in [-0.15, -0.1) is 0 Å². The summed E-state index contributed by atoms with van der Waals surface area (Å²) in [6, 6.07) is 4.04. The average Bonchev–Trinajstić information content (AvgIpc) is 2.52. The number of pyridine rings is 1. The molecule has 0 unspecified atom stereocenters. The Hall–Kier alpha value is -1.09. The molecule has 0 amide bonds. The molecule has 0 radical (unpaired) electrons. The number of aromatic nitrogens is 1. The minimum absolute atomic E-state index is 0.178. The number of rotatable bonds is 1. The molecule has 1 aliphatic rings. The van der Waals surface area contributed by atoms with E-state index in [4.69, 9.17) is 0 Å². The van der Waals surface area contributed by atoms with E-state index < -0.39 is 0 Å². The van der Waals surface area contributed by atoms with E-state index in [0.717, 1.165) is 25.3 Å². The second-order valence-electron chi connectivity index (χ2n) is 3.58. The lowest BCUT2D eigenvalue weighted by atomic mass is 10.3. The maximum atomic E-state index is 9.36. The minimum Gasteiger partial charge on any atom is -0.391 e. The Bertz CT molecular complexity index is 301. The fraction of sp³-hybridized carbons (Fsp3) is 0.500. The van der Waals surface area contributed by atoms with Crippen LogP contribution >= 0.6 is 0 Å². The highest BCUT2D eigenvalue weighted by Gasteiger charge is 2.20. The Morgan fingerprint density at radius 3 is 3.08 bits per heavy atom. The SMILES string of the molecule is Cc1ccnc(N2CC[C@@H](O)C2)c1. The Morgan fingerprint density at radius 1 is 1.62 bits per heavy atom. The second-order valence-corrected chi connectivity index (χ2v) is 3.58. The minimum atomic E-state index is -0.178. The van der Waals surface area contributed by atoms with E-state index in [-0.39, 0.29) is 6.10 Å². The maximum absolute atomic E-state index is 9.36. The van der Waals surface area contributed by atoms with Crippen LogP contribution in [-0.2, 0) is 0 Å². The quantitative estimate of drug-likeness (QED) is 0.696. The number of aryl methyl sites for hydroxylation is 1. The fourth-order valence-corrected chi connectivity index (χ4v) is 1.64. The van der Waals surface area contributed by atoms with Gasteiger partial charge in [-0.3, -0.25) is 0 Å². The number of aliphatic hydroxyl groups is 1. The number of nitrogens with zero attached hydrogens (tertiary/aromatic N) is 2. The molecule has 1 fully saturated rings. The van der Waals surface area contributed by atoms with E-state index in [1.165, 1.54) is 5.56 Å². The number of aliphatic hydroxyl groups excluding tert-OH is 1. The van der Waals surface area contributed by atoms with Crippen molar-refractivity contribution in [3.05, 3.63) is 23.9 Å². The summed E-state index contributed by atoms with van der Waals surface area (Å²) in [7, 11) is 0. The number of β-amino-alcohol motifs (C(OH)–C–C–N with tert-alkyl or cyclic N) is 1. The number of hydrogen-bond acceptors (Lipinski definition) is 3. The highest BCUT2D eigenvalue weighted by molar-refractivity contribution is 5.41. The van der Waals surface area contributed by atoms with E-state index in [0.29, 0.717) is 0 Å². The monoisotopic (exact) mass is 178 g/mol. The van der Waals surface area contributed by atoms with Crippen molar-refractivity contribution in [1.29, 1.82) is 0 Å². The molecular weight excluding hydrogens is 164 g/mol. The smallest absolute Gasteiger partial charge is 0.128 e. The van der Waals surface area contributed by atoms with Crippen LogP contribution in [0.15, 0.2) is 18.3 Å². The van der Waals surface area contributed by atoms with Gasteiger partial charge in [0.05, 0.1) is 6.10 Å². The molecular formula is C10H14N2O. The van der Waals surface area contributed by atoms with Gasteiger partial charge < -0.3 is 10.0 Å². The van der Waals surface area contributed by atoms with Crippen LogP contribution in [0.25, 0.3) is 0 Å². The summed E-state index contributed by atoms with van der Waals surface area (Å²) in [4.78, 5) is 6.39. The van der Waals surface area contributed by atoms with Crippen LogP contribution in [0, 0.1) is 6.92 Å². The summed E-state index contributed by atoms with van der Waals surface area (Å²) in [5, 5.41) is 9.36. The lowest BCUT2D eigenvalue weighted by molar-refractivity contribution is 0.198. The summed E-state index contributed by atoms with van der Waals surface area (Å²) < 4.78 is 0. The number of anilines is 1. The molecule has 3 nitrogen and oxygen atoms in total. The Balaban J connectivity index is 2.16. The molecule has 3 heteroatoms. The molecule has 2 rings (SSSR count). The van der Waals surface area contributed by atoms with Crippen LogP contribution in [0.1, 0.15) is 12.0 Å². The van der Waals surface area contributed by atoms with E-state index in [9.17, 15) is 5.11 Å². The normalized spacial score (nSPS) is 22.3. The predicted octanol–water partition coefficient (Wildman–Crippen LogP) is 0.961. The zero-order valence-electron chi connectivity index (χ0n) is 7.77. The highest BCUT2D eigenvalue weighted by Crippen LogP contribution is 2.18. The van der Waals surface area contributed by atoms with Gasteiger partial charge in [-0.25, -0.2) is 4.98 Å². The summed E-state index contributed by atoms with van der Waals surface area (Å²) in [5.41, 5.74) is 1.21. The predicted molar refractivity (Wildman–Crippen MR) is 51.8 cm³/mol. The van der Waals surface area contributed by atoms with Crippen LogP contribution < -0.4 is 4.90 Å². The van der Waals surface area contributed by atoms with E-state index >= 15 is 0 Å². The molecule has 1 N–H and O–H groups in total. The lowest BCUT2D eigenvalue weighted by Crippen LogP contribution is -2.22. The third-order valence-corrected chi connectivity index (χ3v) is 2.39. The van der Waals surface area contributed by atoms with Crippen molar-refractivity contribution in [3.8, 4) is 0 Å². The Labute approximate surface area is 78.0 Å². The molecule has 0 aromatic carbocycles. The van der Waals surface area contributed by atoms with Gasteiger partial charge in [0.25, 0.3) is 0 Å². The van der Waals surface area contributed by atoms with Crippen molar-refractivity contribution >= 4 is 5.82 Å². The first-order valence-corrected chi connectivity index (χ1v) is 4.61. The molecule has 70 valence electrons. The van der Waals surface area contributed by atoms with Crippen LogP contribution in [0.3, 0.4) is 0 Å². The first kappa shape index (κ1) is 8.51. The van der Waals surface area contributed by atoms with E-state index in [1.807, 2.05) is 12.3 Å². The van der Waals surface area contributed by atoms with Gasteiger partial charge in [0, 0.05) is 19.3 Å². The molecule has 0 saturated carbocycles. The molecule has 13 heavy (non-hydrogen) atoms. The van der Waals surface area contributed by atoms with Crippen molar-refractivity contribution in [2.45, 2.75) is 19.4 Å². The largest absolute Gasteiger partial charge is 0.391 e. The molecule has 1 atom stereocenters. The third-order valence-electron chi connectivity index (χ3n) is 2.39. The molecule has 1 saturated heterocycles. The van der Waals surface area contributed by atoms with Crippen molar-refractivity contribution in [1.82, 2.24) is 4.98 Å². The number of hydrogen-bond donors (Lipinski definition) is 1. The zero-order valence-corrected chi connectivity index (χ0v) is 7.77. The summed E-state index contributed by atoms with van der Waals surface area (Å²) in [5.74, 6) is 0.983. The molecule has 1 aromatic heterocycles. The van der Waals surface area contributed by atoms with E-state index in [1.54, 1.807) is 0 Å². The highest BCUT2D eigenvalue weighted by atomic mass is 16.3. The van der Waals surface area contributed by atoms with Gasteiger partial charge in [0.1, 0.15) is 5.82 Å². The van der Waals surface area contributed by atoms with Gasteiger partial charge >= 0.3 is 0 Å². The maximum Gasteiger partial charge on any atom is 0.128 e. The molecule has 2 heterocycles. The molecule has 1 aliphatic heterocycles. The van der Waals surface area contributed by atoms with Gasteiger partial charge in [-0.2, -0.15) is 0 Å². The average molecular weight is 178 g/mol. The molecule has 0 bridgehead atoms. The Morgan fingerprint density at radius 2 is 2.46 bits per heavy atom. The van der Waals surface area contributed by atoms with E-state index in [2.05, 4.69) is 22.9 Å². The van der Waals surface area contributed by atoms with Gasteiger partial charge in [-0.1, -0.05) is 0 Å². The second kappa shape index (κ2) is 3.34. The topological polar surface area (TPSA) is 36.4 Å². The van der Waals surface area contributed by atoms with Crippen LogP contribution in [0.4, 0.5) is 5.82 Å². The summed E-state index contributed by atoms with van der Waals surface area (Å²) >= 11 is 0. The van der Waals surface area contributed by atoms with Crippen LogP contribution in [-0.4, -0.2) is 29.3 Å². The molecule has 1 aromatic rings. The van der Waals surface area contributed by atoms with Gasteiger partial charge in [0.15, 0.2) is 0 Å². The molecule has 0 spiro atoms. The van der Waals surface area contributed by atoms with Crippen LogP contribution in [0.5, 0.6) is 0 Å². The summed E-state index contributed by atoms with van der Waals surface area (Å²) in [6.45, 7) is 3.69. The zero-order chi connectivity index (χ0) is 9.26.